The number of nitro groups is 1. The van der Waals surface area contributed by atoms with E-state index in [1.54, 1.807) is 30.3 Å². The molecule has 1 N–H and O–H groups in total. The van der Waals surface area contributed by atoms with Crippen LogP contribution in [-0.2, 0) is 7.05 Å². The van der Waals surface area contributed by atoms with Crippen molar-refractivity contribution in [3.8, 4) is 5.75 Å². The van der Waals surface area contributed by atoms with Gasteiger partial charge in [-0.25, -0.2) is 0 Å². The Labute approximate surface area is 131 Å². The van der Waals surface area contributed by atoms with Gasteiger partial charge in [0.25, 0.3) is 5.69 Å². The third-order valence-corrected chi connectivity index (χ3v) is 4.98. The van der Waals surface area contributed by atoms with Crippen molar-refractivity contribution in [2.24, 2.45) is 7.05 Å². The summed E-state index contributed by atoms with van der Waals surface area (Å²) in [6, 6.07) is 11.9. The van der Waals surface area contributed by atoms with E-state index in [-0.39, 0.29) is 16.4 Å². The van der Waals surface area contributed by atoms with E-state index in [1.165, 1.54) is 17.8 Å². The van der Waals surface area contributed by atoms with Gasteiger partial charge in [-0.3, -0.25) is 10.1 Å². The average Bonchev–Trinajstić information content (AvgIpc) is 2.72. The van der Waals surface area contributed by atoms with E-state index in [0.717, 1.165) is 21.5 Å². The normalized spacial score (nSPS) is 11.0. The van der Waals surface area contributed by atoms with Crippen LogP contribution in [0.2, 0.25) is 0 Å². The Morgan fingerprint density at radius 3 is 2.68 bits per heavy atom. The first kappa shape index (κ1) is 14.5. The van der Waals surface area contributed by atoms with E-state index in [0.29, 0.717) is 4.90 Å². The van der Waals surface area contributed by atoms with Gasteiger partial charge in [-0.2, -0.15) is 0 Å². The fourth-order valence-electron chi connectivity index (χ4n) is 2.46. The number of hydrogen-bond donors (Lipinski definition) is 1. The van der Waals surface area contributed by atoms with E-state index < -0.39 is 0 Å². The summed E-state index contributed by atoms with van der Waals surface area (Å²) in [5, 5.41) is 21.8. The number of phenols is 1. The van der Waals surface area contributed by atoms with E-state index in [2.05, 4.69) is 0 Å². The van der Waals surface area contributed by atoms with Crippen LogP contribution in [0.3, 0.4) is 0 Å². The maximum atomic E-state index is 11.2. The van der Waals surface area contributed by atoms with Gasteiger partial charge in [-0.05, 0) is 31.2 Å². The van der Waals surface area contributed by atoms with Crippen LogP contribution in [0.15, 0.2) is 52.3 Å². The summed E-state index contributed by atoms with van der Waals surface area (Å²) in [7, 11) is 1.94. The molecule has 0 aliphatic carbocycles. The van der Waals surface area contributed by atoms with Gasteiger partial charge < -0.3 is 9.67 Å². The molecule has 0 bridgehead atoms. The first-order valence-corrected chi connectivity index (χ1v) is 7.50. The van der Waals surface area contributed by atoms with E-state index >= 15 is 0 Å². The topological polar surface area (TPSA) is 68.3 Å². The standard InChI is InChI=1S/C16H14N2O3S/c1-10-16(12-9-11(19)7-8-13(12)17(10)2)22-15-6-4-3-5-14(15)18(20)21/h3-9,19H,1-2H3. The Morgan fingerprint density at radius 1 is 1.23 bits per heavy atom. The van der Waals surface area contributed by atoms with Crippen molar-refractivity contribution in [3.05, 3.63) is 58.3 Å². The Bertz CT molecular complexity index is 886. The Morgan fingerprint density at radius 2 is 1.95 bits per heavy atom. The molecule has 3 aromatic rings. The lowest BCUT2D eigenvalue weighted by molar-refractivity contribution is -0.387. The molecule has 2 aromatic carbocycles. The summed E-state index contributed by atoms with van der Waals surface area (Å²) in [6.45, 7) is 1.97. The van der Waals surface area contributed by atoms with Crippen LogP contribution in [0.4, 0.5) is 5.69 Å². The van der Waals surface area contributed by atoms with Crippen molar-refractivity contribution >= 4 is 28.4 Å². The predicted octanol–water partition coefficient (Wildman–Crippen LogP) is 4.25. The Hall–Kier alpha value is -2.47. The SMILES string of the molecule is Cc1c(Sc2ccccc2[N+](=O)[O-])c2cc(O)ccc2n1C. The second-order valence-electron chi connectivity index (χ2n) is 5.00. The van der Waals surface area contributed by atoms with E-state index in [1.807, 2.05) is 24.6 Å². The van der Waals surface area contributed by atoms with Crippen molar-refractivity contribution in [1.82, 2.24) is 4.57 Å². The second-order valence-corrected chi connectivity index (χ2v) is 6.05. The molecule has 0 radical (unpaired) electrons. The molecular formula is C16H14N2O3S. The zero-order valence-electron chi connectivity index (χ0n) is 12.1. The van der Waals surface area contributed by atoms with Gasteiger partial charge in [0.05, 0.1) is 9.82 Å². The van der Waals surface area contributed by atoms with Crippen LogP contribution >= 0.6 is 11.8 Å². The van der Waals surface area contributed by atoms with Crippen molar-refractivity contribution in [3.63, 3.8) is 0 Å². The molecule has 1 heterocycles. The maximum Gasteiger partial charge on any atom is 0.283 e. The minimum absolute atomic E-state index is 0.0871. The minimum atomic E-state index is -0.375. The van der Waals surface area contributed by atoms with Crippen LogP contribution in [0, 0.1) is 17.0 Å². The molecular weight excluding hydrogens is 300 g/mol. The van der Waals surface area contributed by atoms with Crippen LogP contribution < -0.4 is 0 Å². The molecule has 0 fully saturated rings. The number of benzene rings is 2. The van der Waals surface area contributed by atoms with Gasteiger partial charge in [-0.15, -0.1) is 0 Å². The largest absolute Gasteiger partial charge is 0.508 e. The molecule has 3 rings (SSSR count). The van der Waals surface area contributed by atoms with Gasteiger partial charge in [0.1, 0.15) is 5.75 Å². The van der Waals surface area contributed by atoms with Crippen molar-refractivity contribution in [1.29, 1.82) is 0 Å². The number of nitro benzene ring substituents is 1. The number of fused-ring (bicyclic) bond motifs is 1. The maximum absolute atomic E-state index is 11.2. The summed E-state index contributed by atoms with van der Waals surface area (Å²) in [5.74, 6) is 0.183. The summed E-state index contributed by atoms with van der Waals surface area (Å²) < 4.78 is 2.02. The molecule has 22 heavy (non-hydrogen) atoms. The molecule has 0 atom stereocenters. The fraction of sp³-hybridized carbons (Fsp3) is 0.125. The van der Waals surface area contributed by atoms with E-state index in [9.17, 15) is 15.2 Å². The summed E-state index contributed by atoms with van der Waals surface area (Å²) in [5.41, 5.74) is 2.07. The molecule has 0 saturated carbocycles. The summed E-state index contributed by atoms with van der Waals surface area (Å²) in [6.07, 6.45) is 0. The molecule has 0 amide bonds. The number of rotatable bonds is 3. The van der Waals surface area contributed by atoms with Gasteiger partial charge in [0.15, 0.2) is 0 Å². The lowest BCUT2D eigenvalue weighted by atomic mass is 10.2. The first-order valence-electron chi connectivity index (χ1n) is 6.68. The predicted molar refractivity (Wildman–Crippen MR) is 86.5 cm³/mol. The van der Waals surface area contributed by atoms with Gasteiger partial charge in [0.2, 0.25) is 0 Å². The zero-order valence-corrected chi connectivity index (χ0v) is 12.9. The Balaban J connectivity index is 2.18. The van der Waals surface area contributed by atoms with Crippen LogP contribution in [-0.4, -0.2) is 14.6 Å². The number of aromatic hydroxyl groups is 1. The number of hydrogen-bond acceptors (Lipinski definition) is 4. The first-order chi connectivity index (χ1) is 10.5. The molecule has 1 aromatic heterocycles. The highest BCUT2D eigenvalue weighted by molar-refractivity contribution is 7.99. The molecule has 6 heteroatoms. The fourth-order valence-corrected chi connectivity index (χ4v) is 3.63. The highest BCUT2D eigenvalue weighted by Gasteiger charge is 2.19. The second kappa shape index (κ2) is 5.38. The number of nitrogens with zero attached hydrogens (tertiary/aromatic N) is 2. The van der Waals surface area contributed by atoms with Crippen LogP contribution in [0.1, 0.15) is 5.69 Å². The Kier molecular flexibility index (Phi) is 3.54. The van der Waals surface area contributed by atoms with Crippen molar-refractivity contribution in [2.75, 3.05) is 0 Å². The molecule has 0 unspecified atom stereocenters. The van der Waals surface area contributed by atoms with Crippen molar-refractivity contribution < 1.29 is 10.0 Å². The number of aryl methyl sites for hydroxylation is 1. The molecule has 112 valence electrons. The van der Waals surface area contributed by atoms with Crippen LogP contribution in [0.5, 0.6) is 5.75 Å². The summed E-state index contributed by atoms with van der Waals surface area (Å²) >= 11 is 1.35. The number of para-hydroxylation sites is 1. The highest BCUT2D eigenvalue weighted by atomic mass is 32.2. The third-order valence-electron chi connectivity index (χ3n) is 3.69. The summed E-state index contributed by atoms with van der Waals surface area (Å²) in [4.78, 5) is 12.3. The minimum Gasteiger partial charge on any atom is -0.508 e. The number of aromatic nitrogens is 1. The monoisotopic (exact) mass is 314 g/mol. The van der Waals surface area contributed by atoms with Gasteiger partial charge in [-0.1, -0.05) is 23.9 Å². The lowest BCUT2D eigenvalue weighted by Gasteiger charge is -2.04. The zero-order chi connectivity index (χ0) is 15.9. The molecule has 5 nitrogen and oxygen atoms in total. The van der Waals surface area contributed by atoms with Gasteiger partial charge in [0, 0.05) is 34.6 Å². The average molecular weight is 314 g/mol. The van der Waals surface area contributed by atoms with E-state index in [4.69, 9.17) is 0 Å². The third kappa shape index (κ3) is 2.31. The lowest BCUT2D eigenvalue weighted by Crippen LogP contribution is -1.91. The number of phenolic OH excluding ortho intramolecular Hbond substituents is 1. The quantitative estimate of drug-likeness (QED) is 0.579. The molecule has 0 saturated heterocycles. The highest BCUT2D eigenvalue weighted by Crippen LogP contribution is 2.41. The molecule has 0 spiro atoms. The van der Waals surface area contributed by atoms with Crippen LogP contribution in [0.25, 0.3) is 10.9 Å². The van der Waals surface area contributed by atoms with Gasteiger partial charge >= 0.3 is 0 Å². The van der Waals surface area contributed by atoms with Crippen molar-refractivity contribution in [2.45, 2.75) is 16.7 Å². The smallest absolute Gasteiger partial charge is 0.283 e. The molecule has 0 aliphatic heterocycles. The molecule has 0 aliphatic rings.